The summed E-state index contributed by atoms with van der Waals surface area (Å²) in [5.41, 5.74) is 3.86. The molecule has 0 fully saturated rings. The van der Waals surface area contributed by atoms with E-state index in [1.807, 2.05) is 11.8 Å². The van der Waals surface area contributed by atoms with Crippen molar-refractivity contribution in [2.24, 2.45) is 4.99 Å². The Kier molecular flexibility index (Phi) is 7.09. The third kappa shape index (κ3) is 5.35. The van der Waals surface area contributed by atoms with Gasteiger partial charge in [-0.3, -0.25) is 4.79 Å². The molecule has 1 amide bonds. The van der Waals surface area contributed by atoms with E-state index < -0.39 is 0 Å². The summed E-state index contributed by atoms with van der Waals surface area (Å²) in [6.07, 6.45) is 0.953. The van der Waals surface area contributed by atoms with Gasteiger partial charge in [0.1, 0.15) is 6.54 Å². The second kappa shape index (κ2) is 9.73. The molecule has 1 unspecified atom stereocenters. The number of aryl methyl sites for hydroxylation is 1. The number of guanidine groups is 1. The van der Waals surface area contributed by atoms with E-state index >= 15 is 0 Å². The van der Waals surface area contributed by atoms with Gasteiger partial charge in [-0.1, -0.05) is 36.8 Å². The summed E-state index contributed by atoms with van der Waals surface area (Å²) in [5, 5.41) is 8.73. The molecule has 2 aromatic rings. The number of hydrogen-bond acceptors (Lipinski definition) is 3. The number of thiophene rings is 1. The first-order chi connectivity index (χ1) is 13.6. The number of nitrogens with one attached hydrogen (secondary N) is 2. The zero-order valence-corrected chi connectivity index (χ0v) is 17.8. The lowest BCUT2D eigenvalue weighted by Crippen LogP contribution is -2.41. The van der Waals surface area contributed by atoms with Crippen LogP contribution in [0.5, 0.6) is 0 Å². The summed E-state index contributed by atoms with van der Waals surface area (Å²) in [4.78, 5) is 20.4. The molecule has 2 heterocycles. The molecule has 1 aliphatic rings. The number of carbonyl (C=O) groups is 1. The summed E-state index contributed by atoms with van der Waals surface area (Å²) in [6.45, 7) is 9.55. The van der Waals surface area contributed by atoms with Crippen LogP contribution in [0.1, 0.15) is 41.3 Å². The number of fused-ring (bicyclic) bond motifs is 1. The maximum atomic E-state index is 12.6. The van der Waals surface area contributed by atoms with Gasteiger partial charge in [-0.2, -0.15) is 0 Å². The van der Waals surface area contributed by atoms with Crippen LogP contribution in [-0.4, -0.2) is 42.9 Å². The van der Waals surface area contributed by atoms with Crippen molar-refractivity contribution in [1.29, 1.82) is 0 Å². The van der Waals surface area contributed by atoms with E-state index in [0.29, 0.717) is 18.4 Å². The maximum Gasteiger partial charge on any atom is 0.244 e. The van der Waals surface area contributed by atoms with Crippen LogP contribution in [0.4, 0.5) is 0 Å². The quantitative estimate of drug-likeness (QED) is 0.580. The highest BCUT2D eigenvalue weighted by Crippen LogP contribution is 2.24. The van der Waals surface area contributed by atoms with Crippen molar-refractivity contribution in [1.82, 2.24) is 15.5 Å². The Labute approximate surface area is 171 Å². The average Bonchev–Trinajstić information content (AvgIpc) is 3.17. The van der Waals surface area contributed by atoms with Gasteiger partial charge in [-0.15, -0.1) is 11.3 Å². The predicted octanol–water partition coefficient (Wildman–Crippen LogP) is 3.30. The molecule has 0 spiro atoms. The fourth-order valence-corrected chi connectivity index (χ4v) is 4.28. The molecule has 1 atom stereocenters. The van der Waals surface area contributed by atoms with Crippen LogP contribution >= 0.6 is 11.3 Å². The molecule has 3 rings (SSSR count). The molecule has 0 saturated carbocycles. The van der Waals surface area contributed by atoms with Gasteiger partial charge in [0.25, 0.3) is 0 Å². The minimum absolute atomic E-state index is 0.0841. The van der Waals surface area contributed by atoms with Crippen molar-refractivity contribution >= 4 is 23.2 Å². The van der Waals surface area contributed by atoms with Crippen LogP contribution in [0.15, 0.2) is 40.7 Å². The highest BCUT2D eigenvalue weighted by molar-refractivity contribution is 7.10. The van der Waals surface area contributed by atoms with E-state index in [9.17, 15) is 4.79 Å². The lowest BCUT2D eigenvalue weighted by Gasteiger charge is -2.26. The van der Waals surface area contributed by atoms with Crippen LogP contribution < -0.4 is 10.6 Å². The molecule has 1 aliphatic heterocycles. The molecule has 150 valence electrons. The highest BCUT2D eigenvalue weighted by Gasteiger charge is 2.21. The fourth-order valence-electron chi connectivity index (χ4n) is 3.39. The Bertz CT molecular complexity index is 829. The number of aliphatic imine (C=N–C) groups is 1. The highest BCUT2D eigenvalue weighted by atomic mass is 32.1. The van der Waals surface area contributed by atoms with Gasteiger partial charge >= 0.3 is 0 Å². The lowest BCUT2D eigenvalue weighted by molar-refractivity contribution is -0.130. The Morgan fingerprint density at radius 2 is 2.18 bits per heavy atom. The van der Waals surface area contributed by atoms with Crippen molar-refractivity contribution in [3.05, 3.63) is 57.3 Å². The van der Waals surface area contributed by atoms with Crippen LogP contribution in [0.25, 0.3) is 0 Å². The zero-order valence-electron chi connectivity index (χ0n) is 17.0. The molecule has 2 N–H and O–H groups in total. The first-order valence-corrected chi connectivity index (χ1v) is 10.9. The molecule has 0 bridgehead atoms. The molecular formula is C22H30N4OS. The van der Waals surface area contributed by atoms with E-state index in [2.05, 4.69) is 65.2 Å². The second-order valence-corrected chi connectivity index (χ2v) is 8.33. The molecule has 0 saturated heterocycles. The summed E-state index contributed by atoms with van der Waals surface area (Å²) in [5.74, 6) is 1.14. The Morgan fingerprint density at radius 3 is 2.96 bits per heavy atom. The summed E-state index contributed by atoms with van der Waals surface area (Å²) >= 11 is 1.79. The second-order valence-electron chi connectivity index (χ2n) is 7.33. The minimum atomic E-state index is 0.0841. The lowest BCUT2D eigenvalue weighted by atomic mass is 9.99. The molecular weight excluding hydrogens is 368 g/mol. The van der Waals surface area contributed by atoms with Crippen LogP contribution in [-0.2, 0) is 17.8 Å². The first-order valence-electron chi connectivity index (χ1n) is 9.98. The van der Waals surface area contributed by atoms with Crippen molar-refractivity contribution in [2.75, 3.05) is 26.2 Å². The molecule has 1 aromatic carbocycles. The van der Waals surface area contributed by atoms with E-state index in [0.717, 1.165) is 26.1 Å². The van der Waals surface area contributed by atoms with Gasteiger partial charge in [0.2, 0.25) is 5.91 Å². The number of rotatable bonds is 6. The SMILES string of the molecule is CCNC(=NCC(=O)N1CCc2sccc2C1)NCC(C)c1cccc(C)c1. The van der Waals surface area contributed by atoms with E-state index in [4.69, 9.17) is 0 Å². The average molecular weight is 399 g/mol. The summed E-state index contributed by atoms with van der Waals surface area (Å²) < 4.78 is 0. The molecule has 1 aromatic heterocycles. The molecule has 6 heteroatoms. The van der Waals surface area contributed by atoms with Crippen LogP contribution in [0, 0.1) is 6.92 Å². The van der Waals surface area contributed by atoms with Crippen molar-refractivity contribution < 1.29 is 4.79 Å². The van der Waals surface area contributed by atoms with Crippen LogP contribution in [0.3, 0.4) is 0 Å². The first kappa shape index (κ1) is 20.4. The topological polar surface area (TPSA) is 56.7 Å². The monoisotopic (exact) mass is 398 g/mol. The standard InChI is InChI=1S/C22H30N4OS/c1-4-23-22(24-13-17(3)18-7-5-6-16(2)12-18)25-14-21(27)26-10-8-20-19(15-26)9-11-28-20/h5-7,9,11-12,17H,4,8,10,13-15H2,1-3H3,(H2,23,24,25). The van der Waals surface area contributed by atoms with Gasteiger partial charge < -0.3 is 15.5 Å². The Balaban J connectivity index is 1.54. The maximum absolute atomic E-state index is 12.6. The molecule has 0 radical (unpaired) electrons. The predicted molar refractivity (Wildman–Crippen MR) is 117 cm³/mol. The Morgan fingerprint density at radius 1 is 1.32 bits per heavy atom. The van der Waals surface area contributed by atoms with E-state index in [-0.39, 0.29) is 12.5 Å². The largest absolute Gasteiger partial charge is 0.357 e. The number of carbonyl (C=O) groups excluding carboxylic acids is 1. The van der Waals surface area contributed by atoms with Crippen molar-refractivity contribution in [3.63, 3.8) is 0 Å². The molecule has 5 nitrogen and oxygen atoms in total. The number of amides is 1. The zero-order chi connectivity index (χ0) is 19.9. The molecule has 0 aliphatic carbocycles. The fraction of sp³-hybridized carbons (Fsp3) is 0.455. The number of benzene rings is 1. The van der Waals surface area contributed by atoms with Gasteiger partial charge in [0.15, 0.2) is 5.96 Å². The van der Waals surface area contributed by atoms with Gasteiger partial charge in [0.05, 0.1) is 0 Å². The van der Waals surface area contributed by atoms with Gasteiger partial charge in [0, 0.05) is 31.1 Å². The van der Waals surface area contributed by atoms with E-state index in [1.165, 1.54) is 21.6 Å². The summed E-state index contributed by atoms with van der Waals surface area (Å²) in [6, 6.07) is 10.7. The van der Waals surface area contributed by atoms with Crippen molar-refractivity contribution in [2.45, 2.75) is 39.7 Å². The smallest absolute Gasteiger partial charge is 0.244 e. The molecule has 28 heavy (non-hydrogen) atoms. The van der Waals surface area contributed by atoms with Gasteiger partial charge in [-0.05, 0) is 48.8 Å². The number of hydrogen-bond donors (Lipinski definition) is 2. The third-order valence-corrected chi connectivity index (χ3v) is 6.09. The van der Waals surface area contributed by atoms with Crippen LogP contribution in [0.2, 0.25) is 0 Å². The van der Waals surface area contributed by atoms with Gasteiger partial charge in [-0.25, -0.2) is 4.99 Å². The third-order valence-electron chi connectivity index (χ3n) is 5.06. The normalized spacial score (nSPS) is 15.1. The van der Waals surface area contributed by atoms with Crippen molar-refractivity contribution in [3.8, 4) is 0 Å². The Hall–Kier alpha value is -2.34. The summed E-state index contributed by atoms with van der Waals surface area (Å²) in [7, 11) is 0. The number of nitrogens with zero attached hydrogens (tertiary/aromatic N) is 2. The minimum Gasteiger partial charge on any atom is -0.357 e. The van der Waals surface area contributed by atoms with E-state index in [1.54, 1.807) is 11.3 Å².